The predicted octanol–water partition coefficient (Wildman–Crippen LogP) is 3.61. The van der Waals surface area contributed by atoms with E-state index in [2.05, 4.69) is 5.32 Å². The number of rotatable bonds is 3. The van der Waals surface area contributed by atoms with Crippen LogP contribution in [0.5, 0.6) is 5.75 Å². The van der Waals surface area contributed by atoms with Gasteiger partial charge in [-0.1, -0.05) is 0 Å². The maximum atomic E-state index is 13.7. The number of halogens is 2. The molecule has 2 aromatic carbocycles. The summed E-state index contributed by atoms with van der Waals surface area (Å²) in [6, 6.07) is 7.17. The van der Waals surface area contributed by atoms with Crippen molar-refractivity contribution >= 4 is 17.1 Å². The molecule has 0 spiro atoms. The van der Waals surface area contributed by atoms with Gasteiger partial charge in [-0.2, -0.15) is 0 Å². The minimum absolute atomic E-state index is 0.0306. The van der Waals surface area contributed by atoms with Crippen LogP contribution in [0.15, 0.2) is 30.3 Å². The van der Waals surface area contributed by atoms with Crippen molar-refractivity contribution in [2.45, 2.75) is 6.92 Å². The largest absolute Gasteiger partial charge is 0.497 e. The third-order valence-corrected chi connectivity index (χ3v) is 2.78. The third kappa shape index (κ3) is 2.76. The van der Waals surface area contributed by atoms with Gasteiger partial charge >= 0.3 is 0 Å². The number of anilines is 3. The molecule has 19 heavy (non-hydrogen) atoms. The van der Waals surface area contributed by atoms with Gasteiger partial charge in [0, 0.05) is 12.1 Å². The lowest BCUT2D eigenvalue weighted by molar-refractivity contribution is 0.415. The first-order valence-electron chi connectivity index (χ1n) is 5.67. The maximum absolute atomic E-state index is 13.7. The van der Waals surface area contributed by atoms with Gasteiger partial charge in [-0.3, -0.25) is 0 Å². The first kappa shape index (κ1) is 13.1. The van der Waals surface area contributed by atoms with Crippen LogP contribution in [-0.2, 0) is 0 Å². The summed E-state index contributed by atoms with van der Waals surface area (Å²) < 4.78 is 32.2. The van der Waals surface area contributed by atoms with E-state index in [4.69, 9.17) is 10.5 Å². The molecule has 0 aliphatic rings. The second-order valence-corrected chi connectivity index (χ2v) is 4.16. The molecule has 0 fully saturated rings. The average Bonchev–Trinajstić information content (AvgIpc) is 2.38. The van der Waals surface area contributed by atoms with Crippen LogP contribution in [0.3, 0.4) is 0 Å². The van der Waals surface area contributed by atoms with Gasteiger partial charge in [-0.25, -0.2) is 8.78 Å². The maximum Gasteiger partial charge on any atom is 0.147 e. The summed E-state index contributed by atoms with van der Waals surface area (Å²) in [5.74, 6) is -0.448. The molecule has 0 aliphatic heterocycles. The number of methoxy groups -OCH3 is 1. The van der Waals surface area contributed by atoms with Crippen molar-refractivity contribution in [2.75, 3.05) is 18.2 Å². The standard InChI is InChI=1S/C14H14F2N2O/c1-8-5-11(16)13(7-10(8)15)18-14-6-9(19-2)3-4-12(14)17/h3-7,18H,17H2,1-2H3. The van der Waals surface area contributed by atoms with E-state index in [0.29, 0.717) is 17.1 Å². The molecular weight excluding hydrogens is 250 g/mol. The van der Waals surface area contributed by atoms with Gasteiger partial charge in [-0.05, 0) is 30.7 Å². The van der Waals surface area contributed by atoms with Crippen LogP contribution in [0.1, 0.15) is 5.56 Å². The number of aryl methyl sites for hydroxylation is 1. The summed E-state index contributed by atoms with van der Waals surface area (Å²) in [7, 11) is 1.52. The predicted molar refractivity (Wildman–Crippen MR) is 71.8 cm³/mol. The van der Waals surface area contributed by atoms with Crippen molar-refractivity contribution in [3.8, 4) is 5.75 Å². The molecule has 100 valence electrons. The van der Waals surface area contributed by atoms with E-state index in [-0.39, 0.29) is 11.3 Å². The van der Waals surface area contributed by atoms with Crippen LogP contribution in [0.25, 0.3) is 0 Å². The minimum atomic E-state index is -0.541. The molecule has 2 rings (SSSR count). The highest BCUT2D eigenvalue weighted by Crippen LogP contribution is 2.29. The minimum Gasteiger partial charge on any atom is -0.497 e. The Hall–Kier alpha value is -2.30. The molecule has 0 saturated heterocycles. The van der Waals surface area contributed by atoms with Gasteiger partial charge in [0.15, 0.2) is 0 Å². The van der Waals surface area contributed by atoms with Crippen LogP contribution in [-0.4, -0.2) is 7.11 Å². The number of benzene rings is 2. The number of ether oxygens (including phenoxy) is 1. The molecule has 2 aromatic rings. The fourth-order valence-corrected chi connectivity index (χ4v) is 1.66. The highest BCUT2D eigenvalue weighted by molar-refractivity contribution is 5.74. The highest BCUT2D eigenvalue weighted by atomic mass is 19.1. The Balaban J connectivity index is 2.38. The Morgan fingerprint density at radius 1 is 1.05 bits per heavy atom. The van der Waals surface area contributed by atoms with Crippen molar-refractivity contribution in [1.29, 1.82) is 0 Å². The molecule has 0 radical (unpaired) electrons. The molecule has 0 amide bonds. The van der Waals surface area contributed by atoms with E-state index < -0.39 is 11.6 Å². The Morgan fingerprint density at radius 2 is 1.79 bits per heavy atom. The average molecular weight is 264 g/mol. The van der Waals surface area contributed by atoms with Gasteiger partial charge < -0.3 is 15.8 Å². The fraction of sp³-hybridized carbons (Fsp3) is 0.143. The monoisotopic (exact) mass is 264 g/mol. The first-order chi connectivity index (χ1) is 9.01. The second kappa shape index (κ2) is 5.14. The molecule has 0 bridgehead atoms. The lowest BCUT2D eigenvalue weighted by atomic mass is 10.2. The normalized spacial score (nSPS) is 10.3. The van der Waals surface area contributed by atoms with E-state index in [0.717, 1.165) is 12.1 Å². The lowest BCUT2D eigenvalue weighted by Gasteiger charge is -2.12. The quantitative estimate of drug-likeness (QED) is 0.832. The fourth-order valence-electron chi connectivity index (χ4n) is 1.66. The van der Waals surface area contributed by atoms with E-state index in [9.17, 15) is 8.78 Å². The summed E-state index contributed by atoms with van der Waals surface area (Å²) >= 11 is 0. The van der Waals surface area contributed by atoms with Crippen molar-refractivity contribution in [3.05, 3.63) is 47.5 Å². The summed E-state index contributed by atoms with van der Waals surface area (Å²) in [5, 5.41) is 2.76. The van der Waals surface area contributed by atoms with Crippen LogP contribution < -0.4 is 15.8 Å². The summed E-state index contributed by atoms with van der Waals surface area (Å²) in [4.78, 5) is 0. The van der Waals surface area contributed by atoms with Crippen molar-refractivity contribution in [3.63, 3.8) is 0 Å². The molecule has 0 aliphatic carbocycles. The van der Waals surface area contributed by atoms with Gasteiger partial charge in [0.05, 0.1) is 24.2 Å². The van der Waals surface area contributed by atoms with Crippen molar-refractivity contribution in [1.82, 2.24) is 0 Å². The van der Waals surface area contributed by atoms with Crippen LogP contribution >= 0.6 is 0 Å². The Morgan fingerprint density at radius 3 is 2.47 bits per heavy atom. The molecule has 5 heteroatoms. The topological polar surface area (TPSA) is 47.3 Å². The zero-order valence-electron chi connectivity index (χ0n) is 10.6. The summed E-state index contributed by atoms with van der Waals surface area (Å²) in [6.45, 7) is 1.50. The molecule has 0 unspecified atom stereocenters. The van der Waals surface area contributed by atoms with Crippen LogP contribution in [0.4, 0.5) is 25.8 Å². The number of nitrogens with one attached hydrogen (secondary N) is 1. The SMILES string of the molecule is COc1ccc(N)c(Nc2cc(F)c(C)cc2F)c1. The second-order valence-electron chi connectivity index (χ2n) is 4.16. The van der Waals surface area contributed by atoms with Gasteiger partial charge in [0.1, 0.15) is 17.4 Å². The molecular formula is C14H14F2N2O. The Bertz CT molecular complexity index is 615. The zero-order valence-corrected chi connectivity index (χ0v) is 10.6. The smallest absolute Gasteiger partial charge is 0.147 e. The van der Waals surface area contributed by atoms with Gasteiger partial charge in [0.25, 0.3) is 0 Å². The van der Waals surface area contributed by atoms with E-state index in [1.807, 2.05) is 0 Å². The Kier molecular flexibility index (Phi) is 3.55. The van der Waals surface area contributed by atoms with Gasteiger partial charge in [0.2, 0.25) is 0 Å². The van der Waals surface area contributed by atoms with Crippen LogP contribution in [0.2, 0.25) is 0 Å². The molecule has 0 heterocycles. The summed E-state index contributed by atoms with van der Waals surface area (Å²) in [6.07, 6.45) is 0. The molecule has 3 N–H and O–H groups in total. The van der Waals surface area contributed by atoms with Gasteiger partial charge in [-0.15, -0.1) is 0 Å². The van der Waals surface area contributed by atoms with Crippen molar-refractivity contribution < 1.29 is 13.5 Å². The number of hydrogen-bond acceptors (Lipinski definition) is 3. The molecule has 0 atom stereocenters. The number of nitrogens with two attached hydrogens (primary N) is 1. The molecule has 3 nitrogen and oxygen atoms in total. The third-order valence-electron chi connectivity index (χ3n) is 2.78. The van der Waals surface area contributed by atoms with Crippen LogP contribution in [0, 0.1) is 18.6 Å². The van der Waals surface area contributed by atoms with E-state index >= 15 is 0 Å². The zero-order chi connectivity index (χ0) is 14.0. The first-order valence-corrected chi connectivity index (χ1v) is 5.67. The Labute approximate surface area is 110 Å². The lowest BCUT2D eigenvalue weighted by Crippen LogP contribution is -2.00. The molecule has 0 aromatic heterocycles. The van der Waals surface area contributed by atoms with Crippen molar-refractivity contribution in [2.24, 2.45) is 0 Å². The number of nitrogen functional groups attached to an aromatic ring is 1. The van der Waals surface area contributed by atoms with E-state index in [1.165, 1.54) is 14.0 Å². The molecule has 0 saturated carbocycles. The number of hydrogen-bond donors (Lipinski definition) is 2. The van der Waals surface area contributed by atoms with E-state index in [1.54, 1.807) is 18.2 Å². The highest BCUT2D eigenvalue weighted by Gasteiger charge is 2.09. The summed E-state index contributed by atoms with van der Waals surface area (Å²) in [5.41, 5.74) is 6.94.